The Hall–Kier alpha value is -0.170. The minimum absolute atomic E-state index is 0.356. The largest absolute Gasteiger partial charge is 0.403 e. The van der Waals surface area contributed by atoms with Crippen molar-refractivity contribution in [2.45, 2.75) is 6.92 Å². The number of halogens is 2. The smallest absolute Gasteiger partial charge is 0.250 e. The molecule has 1 unspecified atom stereocenters. The zero-order valence-electron chi connectivity index (χ0n) is 5.18. The van der Waals surface area contributed by atoms with Gasteiger partial charge in [-0.1, -0.05) is 13.0 Å². The summed E-state index contributed by atoms with van der Waals surface area (Å²) in [7, 11) is -4.81. The highest BCUT2D eigenvalue weighted by Crippen LogP contribution is 2.50. The van der Waals surface area contributed by atoms with Gasteiger partial charge in [0.15, 0.2) is 0 Å². The molecule has 1 atom stereocenters. The molecule has 1 nitrogen and oxygen atoms in total. The third kappa shape index (κ3) is 5.71. The lowest BCUT2D eigenvalue weighted by Crippen LogP contribution is -1.92. The predicted octanol–water partition coefficient (Wildman–Crippen LogP) is 2.94. The molecule has 9 heavy (non-hydrogen) atoms. The van der Waals surface area contributed by atoms with Gasteiger partial charge in [-0.3, -0.25) is 4.57 Å². The molecule has 54 valence electrons. The molecule has 0 aliphatic carbocycles. The van der Waals surface area contributed by atoms with Crippen LogP contribution in [0.15, 0.2) is 12.7 Å². The van der Waals surface area contributed by atoms with E-state index in [0.29, 0.717) is 0 Å². The van der Waals surface area contributed by atoms with E-state index in [9.17, 15) is 13.0 Å². The maximum absolute atomic E-state index is 11.7. The molecule has 0 spiro atoms. The van der Waals surface area contributed by atoms with Gasteiger partial charge in [-0.2, -0.15) is 8.39 Å². The Morgan fingerprint density at radius 1 is 1.78 bits per heavy atom. The third-order valence-corrected chi connectivity index (χ3v) is 1.90. The minimum atomic E-state index is -4.81. The molecule has 0 radical (unpaired) electrons. The van der Waals surface area contributed by atoms with Gasteiger partial charge < -0.3 is 0 Å². The van der Waals surface area contributed by atoms with Crippen LogP contribution in [0, 0.1) is 5.92 Å². The second-order valence-corrected chi connectivity index (χ2v) is 3.47. The van der Waals surface area contributed by atoms with Crippen LogP contribution in [-0.4, -0.2) is 6.16 Å². The predicted molar refractivity (Wildman–Crippen MR) is 34.1 cm³/mol. The van der Waals surface area contributed by atoms with Crippen LogP contribution in [0.2, 0.25) is 0 Å². The Balaban J connectivity index is 3.74. The topological polar surface area (TPSA) is 17.1 Å². The highest BCUT2D eigenvalue weighted by atomic mass is 31.2. The van der Waals surface area contributed by atoms with Crippen molar-refractivity contribution in [2.75, 3.05) is 6.16 Å². The number of allylic oxidation sites excluding steroid dienone is 1. The molecule has 4 heteroatoms. The van der Waals surface area contributed by atoms with Crippen LogP contribution >= 0.6 is 7.76 Å². The molecule has 0 heterocycles. The van der Waals surface area contributed by atoms with Gasteiger partial charge in [0.1, 0.15) is 0 Å². The third-order valence-electron chi connectivity index (χ3n) is 0.903. The van der Waals surface area contributed by atoms with E-state index in [0.717, 1.165) is 0 Å². The summed E-state index contributed by atoms with van der Waals surface area (Å²) in [6.07, 6.45) is 0.822. The van der Waals surface area contributed by atoms with Crippen LogP contribution in [0.5, 0.6) is 0 Å². The van der Waals surface area contributed by atoms with Gasteiger partial charge in [-0.05, 0) is 5.92 Å². The van der Waals surface area contributed by atoms with Gasteiger partial charge in [0, 0.05) is 0 Å². The molecule has 0 aromatic heterocycles. The quantitative estimate of drug-likeness (QED) is 0.451. The molecule has 0 aliphatic rings. The highest BCUT2D eigenvalue weighted by Gasteiger charge is 2.20. The molecule has 0 saturated heterocycles. The van der Waals surface area contributed by atoms with E-state index >= 15 is 0 Å². The van der Waals surface area contributed by atoms with Crippen molar-refractivity contribution >= 4 is 7.76 Å². The fourth-order valence-corrected chi connectivity index (χ4v) is 1.23. The van der Waals surface area contributed by atoms with Gasteiger partial charge in [-0.15, -0.1) is 6.58 Å². The molecule has 0 saturated carbocycles. The van der Waals surface area contributed by atoms with Crippen LogP contribution in [0.25, 0.3) is 0 Å². The molecule has 0 bridgehead atoms. The average Bonchev–Trinajstić information content (AvgIpc) is 1.62. The molecular weight excluding hydrogens is 145 g/mol. The average molecular weight is 154 g/mol. The highest BCUT2D eigenvalue weighted by molar-refractivity contribution is 7.52. The van der Waals surface area contributed by atoms with Crippen molar-refractivity contribution in [3.63, 3.8) is 0 Å². The first-order chi connectivity index (χ1) is 3.95. The summed E-state index contributed by atoms with van der Waals surface area (Å²) in [4.78, 5) is 0. The Labute approximate surface area is 53.4 Å². The number of rotatable bonds is 3. The number of hydrogen-bond acceptors (Lipinski definition) is 1. The molecule has 0 rings (SSSR count). The summed E-state index contributed by atoms with van der Waals surface area (Å²) in [6, 6.07) is 0. The van der Waals surface area contributed by atoms with Crippen molar-refractivity contribution < 1.29 is 13.0 Å². The van der Waals surface area contributed by atoms with Gasteiger partial charge in [-0.25, -0.2) is 0 Å². The van der Waals surface area contributed by atoms with E-state index < -0.39 is 13.9 Å². The van der Waals surface area contributed by atoms with Gasteiger partial charge in [0.25, 0.3) is 0 Å². The Morgan fingerprint density at radius 2 is 2.22 bits per heavy atom. The standard InChI is InChI=1S/C5H9F2OP/c1-3-5(2)4-9(6,7)8/h3,5H,1,4H2,2H3. The van der Waals surface area contributed by atoms with E-state index in [2.05, 4.69) is 6.58 Å². The van der Waals surface area contributed by atoms with Crippen LogP contribution in [0.4, 0.5) is 8.39 Å². The molecule has 0 amide bonds. The zero-order valence-corrected chi connectivity index (χ0v) is 6.07. The molecular formula is C5H9F2OP. The van der Waals surface area contributed by atoms with Gasteiger partial charge >= 0.3 is 7.76 Å². The first-order valence-corrected chi connectivity index (χ1v) is 4.24. The summed E-state index contributed by atoms with van der Waals surface area (Å²) in [6.45, 7) is 4.84. The lowest BCUT2D eigenvalue weighted by Gasteiger charge is -2.01. The van der Waals surface area contributed by atoms with Crippen LogP contribution in [0.1, 0.15) is 6.92 Å². The van der Waals surface area contributed by atoms with Gasteiger partial charge in [0.2, 0.25) is 0 Å². The Kier molecular flexibility index (Phi) is 3.06. The van der Waals surface area contributed by atoms with Crippen molar-refractivity contribution in [3.05, 3.63) is 12.7 Å². The van der Waals surface area contributed by atoms with Crippen molar-refractivity contribution in [2.24, 2.45) is 5.92 Å². The van der Waals surface area contributed by atoms with E-state index in [4.69, 9.17) is 0 Å². The molecule has 0 N–H and O–H groups in total. The minimum Gasteiger partial charge on any atom is -0.250 e. The second kappa shape index (κ2) is 3.11. The summed E-state index contributed by atoms with van der Waals surface area (Å²) < 4.78 is 33.1. The fraction of sp³-hybridized carbons (Fsp3) is 0.600. The second-order valence-electron chi connectivity index (χ2n) is 1.97. The van der Waals surface area contributed by atoms with E-state index in [1.807, 2.05) is 0 Å². The summed E-state index contributed by atoms with van der Waals surface area (Å²) in [5.74, 6) is -0.356. The summed E-state index contributed by atoms with van der Waals surface area (Å²) >= 11 is 0. The van der Waals surface area contributed by atoms with Crippen molar-refractivity contribution in [1.82, 2.24) is 0 Å². The molecule has 0 fully saturated rings. The fourth-order valence-electron chi connectivity index (χ4n) is 0.410. The lowest BCUT2D eigenvalue weighted by molar-refractivity contribution is 0.487. The maximum atomic E-state index is 11.7. The molecule has 0 aromatic carbocycles. The van der Waals surface area contributed by atoms with Crippen molar-refractivity contribution in [1.29, 1.82) is 0 Å². The first-order valence-electron chi connectivity index (χ1n) is 2.56. The monoisotopic (exact) mass is 154 g/mol. The van der Waals surface area contributed by atoms with Gasteiger partial charge in [0.05, 0.1) is 6.16 Å². The van der Waals surface area contributed by atoms with E-state index in [1.165, 1.54) is 6.08 Å². The normalized spacial score (nSPS) is 15.0. The van der Waals surface area contributed by atoms with Crippen molar-refractivity contribution in [3.8, 4) is 0 Å². The Morgan fingerprint density at radius 3 is 2.33 bits per heavy atom. The summed E-state index contributed by atoms with van der Waals surface area (Å²) in [5, 5.41) is 0. The van der Waals surface area contributed by atoms with Crippen LogP contribution in [0.3, 0.4) is 0 Å². The maximum Gasteiger partial charge on any atom is 0.403 e. The summed E-state index contributed by atoms with van der Waals surface area (Å²) in [5.41, 5.74) is 0. The SMILES string of the molecule is C=CC(C)CP(=O)(F)F. The number of hydrogen-bond donors (Lipinski definition) is 0. The zero-order chi connectivity index (χ0) is 7.49. The molecule has 0 aromatic rings. The first kappa shape index (κ1) is 8.83. The van der Waals surface area contributed by atoms with Crippen LogP contribution < -0.4 is 0 Å². The Bertz CT molecular complexity index is 140. The van der Waals surface area contributed by atoms with Crippen LogP contribution in [-0.2, 0) is 4.57 Å². The van der Waals surface area contributed by atoms with E-state index in [1.54, 1.807) is 6.92 Å². The molecule has 0 aliphatic heterocycles. The lowest BCUT2D eigenvalue weighted by atomic mass is 10.2. The van der Waals surface area contributed by atoms with E-state index in [-0.39, 0.29) is 5.92 Å².